The number of imide groups is 1. The van der Waals surface area contributed by atoms with Gasteiger partial charge >= 0.3 is 6.03 Å². The Morgan fingerprint density at radius 1 is 1.19 bits per heavy atom. The fraction of sp³-hybridized carbons (Fsp3) is 0.364. The van der Waals surface area contributed by atoms with Gasteiger partial charge in [0.2, 0.25) is 5.91 Å². The smallest absolute Gasteiger partial charge is 0.321 e. The molecule has 2 heterocycles. The minimum absolute atomic E-state index is 0.0343. The Hall–Kier alpha value is -2.65. The molecule has 2 aromatic heterocycles. The van der Waals surface area contributed by atoms with E-state index in [1.807, 2.05) is 51.1 Å². The summed E-state index contributed by atoms with van der Waals surface area (Å²) in [5, 5.41) is 6.15. The van der Waals surface area contributed by atoms with Crippen LogP contribution in [0.2, 0.25) is 0 Å². The van der Waals surface area contributed by atoms with Gasteiger partial charge in [-0.15, -0.1) is 11.3 Å². The summed E-state index contributed by atoms with van der Waals surface area (Å²) in [6, 6.07) is 8.77. The number of carbonyl (C=O) groups excluding carboxylic acids is 2. The number of carbonyl (C=O) groups is 2. The van der Waals surface area contributed by atoms with Crippen LogP contribution < -0.4 is 16.2 Å². The van der Waals surface area contributed by atoms with Crippen LogP contribution in [0.25, 0.3) is 15.9 Å². The van der Waals surface area contributed by atoms with E-state index in [2.05, 4.69) is 10.6 Å². The largest absolute Gasteiger partial charge is 0.333 e. The van der Waals surface area contributed by atoms with Gasteiger partial charge in [-0.1, -0.05) is 30.0 Å². The van der Waals surface area contributed by atoms with E-state index >= 15 is 0 Å². The molecule has 3 amide bonds. The van der Waals surface area contributed by atoms with Gasteiger partial charge in [0.15, 0.2) is 5.16 Å². The summed E-state index contributed by atoms with van der Waals surface area (Å²) in [6.45, 7) is 5.51. The third-order valence-electron chi connectivity index (χ3n) is 4.80. The summed E-state index contributed by atoms with van der Waals surface area (Å²) in [5.74, 6) is -0.484. The number of amides is 3. The summed E-state index contributed by atoms with van der Waals surface area (Å²) in [5.41, 5.74) is 1.27. The molecule has 0 bridgehead atoms. The second kappa shape index (κ2) is 8.47. The SMILES string of the molecule is CC(C)(C)NC(=O)NC(=O)CSc1nc2sc3c(c2c(=O)n1-c1ccccc1)CCC3. The summed E-state index contributed by atoms with van der Waals surface area (Å²) >= 11 is 2.71. The molecule has 0 atom stereocenters. The zero-order valence-corrected chi connectivity index (χ0v) is 19.3. The number of thioether (sulfide) groups is 1. The van der Waals surface area contributed by atoms with Crippen molar-refractivity contribution in [3.8, 4) is 5.69 Å². The number of aryl methyl sites for hydroxylation is 2. The Balaban J connectivity index is 1.65. The first kappa shape index (κ1) is 21.6. The molecule has 0 saturated heterocycles. The van der Waals surface area contributed by atoms with Crippen molar-refractivity contribution >= 4 is 45.3 Å². The van der Waals surface area contributed by atoms with Crippen molar-refractivity contribution in [2.75, 3.05) is 5.75 Å². The second-order valence-electron chi connectivity index (χ2n) is 8.45. The van der Waals surface area contributed by atoms with Crippen LogP contribution in [0.15, 0.2) is 40.3 Å². The predicted molar refractivity (Wildman–Crippen MR) is 124 cm³/mol. The number of benzene rings is 1. The van der Waals surface area contributed by atoms with Crippen LogP contribution in [0, 0.1) is 0 Å². The lowest BCUT2D eigenvalue weighted by Gasteiger charge is -2.20. The molecule has 0 saturated carbocycles. The molecular weight excluding hydrogens is 432 g/mol. The van der Waals surface area contributed by atoms with Crippen LogP contribution in [0.3, 0.4) is 0 Å². The number of nitrogens with one attached hydrogen (secondary N) is 2. The van der Waals surface area contributed by atoms with E-state index in [4.69, 9.17) is 4.98 Å². The number of hydrogen-bond donors (Lipinski definition) is 2. The molecular formula is C22H24N4O3S2. The Kier molecular flexibility index (Phi) is 5.90. The molecule has 0 unspecified atom stereocenters. The normalized spacial score (nSPS) is 13.3. The average molecular weight is 457 g/mol. The van der Waals surface area contributed by atoms with E-state index in [9.17, 15) is 14.4 Å². The van der Waals surface area contributed by atoms with Gasteiger partial charge in [0.1, 0.15) is 4.83 Å². The van der Waals surface area contributed by atoms with Crippen molar-refractivity contribution in [3.05, 3.63) is 51.1 Å². The first-order valence-corrected chi connectivity index (χ1v) is 11.9. The van der Waals surface area contributed by atoms with Crippen molar-refractivity contribution in [1.29, 1.82) is 0 Å². The highest BCUT2D eigenvalue weighted by molar-refractivity contribution is 7.99. The number of fused-ring (bicyclic) bond motifs is 3. The molecule has 2 N–H and O–H groups in total. The van der Waals surface area contributed by atoms with E-state index < -0.39 is 17.5 Å². The number of aromatic nitrogens is 2. The molecule has 0 radical (unpaired) electrons. The monoisotopic (exact) mass is 456 g/mol. The predicted octanol–water partition coefficient (Wildman–Crippen LogP) is 3.65. The first-order chi connectivity index (χ1) is 14.7. The topological polar surface area (TPSA) is 93.1 Å². The number of thiophene rings is 1. The fourth-order valence-corrected chi connectivity index (χ4v) is 5.71. The van der Waals surface area contributed by atoms with E-state index in [-0.39, 0.29) is 11.3 Å². The van der Waals surface area contributed by atoms with Crippen LogP contribution >= 0.6 is 23.1 Å². The second-order valence-corrected chi connectivity index (χ2v) is 10.5. The number of para-hydroxylation sites is 1. The lowest BCUT2D eigenvalue weighted by molar-refractivity contribution is -0.117. The Morgan fingerprint density at radius 3 is 2.65 bits per heavy atom. The summed E-state index contributed by atoms with van der Waals surface area (Å²) in [6.07, 6.45) is 2.95. The minimum atomic E-state index is -0.545. The molecule has 9 heteroatoms. The quantitative estimate of drug-likeness (QED) is 0.462. The molecule has 3 aromatic rings. The van der Waals surface area contributed by atoms with Crippen LogP contribution in [-0.4, -0.2) is 32.8 Å². The van der Waals surface area contributed by atoms with E-state index in [1.54, 1.807) is 15.9 Å². The van der Waals surface area contributed by atoms with Gasteiger partial charge in [0, 0.05) is 10.4 Å². The molecule has 7 nitrogen and oxygen atoms in total. The third-order valence-corrected chi connectivity index (χ3v) is 6.92. The molecule has 0 spiro atoms. The molecule has 31 heavy (non-hydrogen) atoms. The van der Waals surface area contributed by atoms with Gasteiger partial charge in [0.25, 0.3) is 5.56 Å². The van der Waals surface area contributed by atoms with Crippen LogP contribution in [-0.2, 0) is 17.6 Å². The first-order valence-electron chi connectivity index (χ1n) is 10.1. The molecule has 1 aromatic carbocycles. The van der Waals surface area contributed by atoms with Crippen LogP contribution in [0.4, 0.5) is 4.79 Å². The van der Waals surface area contributed by atoms with Gasteiger partial charge in [0.05, 0.1) is 16.8 Å². The van der Waals surface area contributed by atoms with E-state index in [0.717, 1.165) is 41.4 Å². The van der Waals surface area contributed by atoms with Crippen molar-refractivity contribution in [2.24, 2.45) is 0 Å². The van der Waals surface area contributed by atoms with Gasteiger partial charge in [-0.2, -0.15) is 0 Å². The molecule has 4 rings (SSSR count). The van der Waals surface area contributed by atoms with Gasteiger partial charge < -0.3 is 5.32 Å². The fourth-order valence-electron chi connectivity index (χ4n) is 3.59. The van der Waals surface area contributed by atoms with Gasteiger partial charge in [-0.25, -0.2) is 9.78 Å². The lowest BCUT2D eigenvalue weighted by atomic mass is 10.1. The molecule has 0 aliphatic heterocycles. The summed E-state index contributed by atoms with van der Waals surface area (Å²) < 4.78 is 1.57. The maximum absolute atomic E-state index is 13.5. The third kappa shape index (κ3) is 4.67. The van der Waals surface area contributed by atoms with Gasteiger partial charge in [-0.05, 0) is 57.7 Å². The maximum Gasteiger partial charge on any atom is 0.321 e. The zero-order chi connectivity index (χ0) is 22.2. The molecule has 162 valence electrons. The molecule has 0 fully saturated rings. The van der Waals surface area contributed by atoms with Crippen molar-refractivity contribution < 1.29 is 9.59 Å². The summed E-state index contributed by atoms with van der Waals surface area (Å²) in [7, 11) is 0. The maximum atomic E-state index is 13.5. The number of urea groups is 1. The van der Waals surface area contributed by atoms with Crippen molar-refractivity contribution in [1.82, 2.24) is 20.2 Å². The molecule has 1 aliphatic rings. The van der Waals surface area contributed by atoms with Crippen LogP contribution in [0.5, 0.6) is 0 Å². The zero-order valence-electron chi connectivity index (χ0n) is 17.7. The Labute approximate surface area is 188 Å². The lowest BCUT2D eigenvalue weighted by Crippen LogP contribution is -2.48. The highest BCUT2D eigenvalue weighted by Crippen LogP contribution is 2.36. The van der Waals surface area contributed by atoms with Crippen molar-refractivity contribution in [3.63, 3.8) is 0 Å². The van der Waals surface area contributed by atoms with Gasteiger partial charge in [-0.3, -0.25) is 19.5 Å². The van der Waals surface area contributed by atoms with Crippen molar-refractivity contribution in [2.45, 2.75) is 50.7 Å². The van der Waals surface area contributed by atoms with Crippen LogP contribution in [0.1, 0.15) is 37.6 Å². The summed E-state index contributed by atoms with van der Waals surface area (Å²) in [4.78, 5) is 44.5. The Morgan fingerprint density at radius 2 is 1.94 bits per heavy atom. The number of nitrogens with zero attached hydrogens (tertiary/aromatic N) is 2. The van der Waals surface area contributed by atoms with E-state index in [0.29, 0.717) is 16.2 Å². The number of rotatable bonds is 4. The Bertz CT molecular complexity index is 1210. The highest BCUT2D eigenvalue weighted by atomic mass is 32.2. The average Bonchev–Trinajstić information content (AvgIpc) is 3.26. The molecule has 1 aliphatic carbocycles. The minimum Gasteiger partial charge on any atom is -0.333 e. The number of hydrogen-bond acceptors (Lipinski definition) is 6. The standard InChI is InChI=1S/C22H24N4O3S2/c1-22(2,3)25-20(29)23-16(27)12-30-21-24-18-17(14-10-7-11-15(14)31-18)19(28)26(21)13-8-5-4-6-9-13/h4-6,8-9H,7,10-12H2,1-3H3,(H2,23,25,27,29). The van der Waals surface area contributed by atoms with E-state index in [1.165, 1.54) is 4.88 Å². The highest BCUT2D eigenvalue weighted by Gasteiger charge is 2.24.